The van der Waals surface area contributed by atoms with Crippen LogP contribution in [0.1, 0.15) is 65.3 Å². The highest BCUT2D eigenvalue weighted by Crippen LogP contribution is 2.65. The number of hydrogen-bond donors (Lipinski definition) is 0. The van der Waals surface area contributed by atoms with Crippen LogP contribution < -0.4 is 0 Å². The van der Waals surface area contributed by atoms with E-state index in [1.165, 1.54) is 49.4 Å². The largest absolute Gasteiger partial charge is 0.340 e. The van der Waals surface area contributed by atoms with Gasteiger partial charge in [0.25, 0.3) is 0 Å². The zero-order chi connectivity index (χ0) is 19.8. The lowest BCUT2D eigenvalue weighted by Crippen LogP contribution is -2.50. The molecule has 2 saturated carbocycles. The zero-order valence-electron chi connectivity index (χ0n) is 18.3. The van der Waals surface area contributed by atoms with Gasteiger partial charge in [0, 0.05) is 11.7 Å². The number of aromatic nitrogens is 1. The first kappa shape index (κ1) is 18.0. The Morgan fingerprint density at radius 1 is 1.00 bits per heavy atom. The summed E-state index contributed by atoms with van der Waals surface area (Å²) < 4.78 is 2.57. The van der Waals surface area contributed by atoms with Gasteiger partial charge in [-0.05, 0) is 90.5 Å². The molecule has 4 aliphatic carbocycles. The van der Waals surface area contributed by atoms with E-state index in [9.17, 15) is 0 Å². The van der Waals surface area contributed by atoms with Crippen LogP contribution in [0.2, 0.25) is 0 Å². The van der Waals surface area contributed by atoms with Gasteiger partial charge in [-0.25, -0.2) is 0 Å². The second kappa shape index (κ2) is 6.13. The van der Waals surface area contributed by atoms with Crippen LogP contribution in [0.25, 0.3) is 10.9 Å². The van der Waals surface area contributed by atoms with E-state index < -0.39 is 0 Å². The van der Waals surface area contributed by atoms with Gasteiger partial charge in [0.2, 0.25) is 0 Å². The fraction of sp³-hybridized carbons (Fsp3) is 0.571. The minimum absolute atomic E-state index is 0.354. The molecule has 0 amide bonds. The fourth-order valence-electron chi connectivity index (χ4n) is 8.03. The van der Waals surface area contributed by atoms with Crippen molar-refractivity contribution in [3.8, 4) is 0 Å². The lowest BCUT2D eigenvalue weighted by molar-refractivity contribution is -0.0304. The predicted octanol–water partition coefficient (Wildman–Crippen LogP) is 7.56. The van der Waals surface area contributed by atoms with Crippen molar-refractivity contribution < 1.29 is 0 Å². The molecule has 1 aromatic carbocycles. The second-order valence-corrected chi connectivity index (χ2v) is 11.2. The normalized spacial score (nSPS) is 43.6. The van der Waals surface area contributed by atoms with Gasteiger partial charge in [0.05, 0.1) is 6.04 Å². The summed E-state index contributed by atoms with van der Waals surface area (Å²) in [6.07, 6.45) is 18.5. The van der Waals surface area contributed by atoms with Crippen LogP contribution in [0.15, 0.2) is 60.3 Å². The van der Waals surface area contributed by atoms with Crippen LogP contribution in [-0.4, -0.2) is 4.57 Å². The third kappa shape index (κ3) is 2.39. The summed E-state index contributed by atoms with van der Waals surface area (Å²) in [5.41, 5.74) is 4.04. The average molecular weight is 386 g/mol. The first-order chi connectivity index (χ1) is 14.0. The van der Waals surface area contributed by atoms with Crippen molar-refractivity contribution in [1.82, 2.24) is 4.57 Å². The Labute approximate surface area is 175 Å². The summed E-state index contributed by atoms with van der Waals surface area (Å²) in [7, 11) is 0. The van der Waals surface area contributed by atoms with E-state index in [2.05, 4.69) is 80.1 Å². The molecule has 1 nitrogen and oxygen atoms in total. The minimum atomic E-state index is 0.354. The molecule has 0 saturated heterocycles. The van der Waals surface area contributed by atoms with Gasteiger partial charge < -0.3 is 4.57 Å². The van der Waals surface area contributed by atoms with Crippen molar-refractivity contribution in [1.29, 1.82) is 0 Å². The van der Waals surface area contributed by atoms with Crippen molar-refractivity contribution in [2.24, 2.45) is 34.5 Å². The maximum atomic E-state index is 2.69. The molecule has 2 aromatic rings. The number of allylic oxidation sites excluding steroid dienone is 4. The van der Waals surface area contributed by atoms with E-state index in [1.54, 1.807) is 0 Å². The van der Waals surface area contributed by atoms with Crippen LogP contribution in [0.5, 0.6) is 0 Å². The molecule has 29 heavy (non-hydrogen) atoms. The van der Waals surface area contributed by atoms with E-state index in [4.69, 9.17) is 0 Å². The molecular formula is C28H35N. The molecule has 1 aromatic heterocycles. The van der Waals surface area contributed by atoms with Gasteiger partial charge in [-0.15, -0.1) is 0 Å². The number of fused-ring (bicyclic) bond motifs is 6. The van der Waals surface area contributed by atoms with Crippen LogP contribution >= 0.6 is 0 Å². The Bertz CT molecular complexity index is 1010. The fourth-order valence-corrected chi connectivity index (χ4v) is 8.03. The number of hydrogen-bond acceptors (Lipinski definition) is 0. The molecule has 1 heterocycles. The van der Waals surface area contributed by atoms with Gasteiger partial charge in [0.15, 0.2) is 0 Å². The number of rotatable bonds is 1. The lowest BCUT2D eigenvalue weighted by atomic mass is 9.47. The Balaban J connectivity index is 1.36. The first-order valence-corrected chi connectivity index (χ1v) is 11.9. The molecule has 0 radical (unpaired) electrons. The standard InChI is InChI=1S/C28H35N/c1-19-12-15-27(2)21(18-19)8-9-22-23-10-11-26(28(23,3)16-13-24(22)27)29-17-14-20-6-4-5-7-25(20)29/h4-8,10-11,14,17,19,22-24,26H,9,12-13,15-16,18H2,1-3H3/t19-,22?,23?,24?,26?,27-,28-/m0/s1. The molecule has 0 aliphatic heterocycles. The highest BCUT2D eigenvalue weighted by Gasteiger charge is 2.57. The van der Waals surface area contributed by atoms with Gasteiger partial charge in [0.1, 0.15) is 0 Å². The van der Waals surface area contributed by atoms with Crippen molar-refractivity contribution in [2.45, 2.75) is 65.3 Å². The maximum absolute atomic E-state index is 2.69. The molecule has 2 fully saturated rings. The zero-order valence-corrected chi connectivity index (χ0v) is 18.3. The minimum Gasteiger partial charge on any atom is -0.340 e. The molecular weight excluding hydrogens is 350 g/mol. The molecule has 0 spiro atoms. The van der Waals surface area contributed by atoms with E-state index in [0.29, 0.717) is 16.9 Å². The molecule has 0 bridgehead atoms. The molecule has 152 valence electrons. The Hall–Kier alpha value is -1.76. The summed E-state index contributed by atoms with van der Waals surface area (Å²) >= 11 is 0. The predicted molar refractivity (Wildman–Crippen MR) is 122 cm³/mol. The summed E-state index contributed by atoms with van der Waals surface area (Å²) in [6, 6.07) is 11.7. The Morgan fingerprint density at radius 2 is 1.86 bits per heavy atom. The van der Waals surface area contributed by atoms with Crippen molar-refractivity contribution >= 4 is 10.9 Å². The van der Waals surface area contributed by atoms with Crippen LogP contribution in [0.4, 0.5) is 0 Å². The summed E-state index contributed by atoms with van der Waals surface area (Å²) in [4.78, 5) is 0. The van der Waals surface area contributed by atoms with Gasteiger partial charge >= 0.3 is 0 Å². The van der Waals surface area contributed by atoms with Crippen LogP contribution in [-0.2, 0) is 0 Å². The monoisotopic (exact) mass is 385 g/mol. The lowest BCUT2D eigenvalue weighted by Gasteiger charge is -2.58. The van der Waals surface area contributed by atoms with Gasteiger partial charge in [-0.1, -0.05) is 62.8 Å². The molecule has 1 heteroatoms. The van der Waals surface area contributed by atoms with Crippen molar-refractivity contribution in [3.05, 3.63) is 60.3 Å². The summed E-state index contributed by atoms with van der Waals surface area (Å²) in [6.45, 7) is 7.67. The number of benzene rings is 1. The first-order valence-electron chi connectivity index (χ1n) is 11.9. The van der Waals surface area contributed by atoms with E-state index in [0.717, 1.165) is 23.7 Å². The van der Waals surface area contributed by atoms with Crippen LogP contribution in [0, 0.1) is 34.5 Å². The molecule has 6 rings (SSSR count). The smallest absolute Gasteiger partial charge is 0.0576 e. The molecule has 4 unspecified atom stereocenters. The molecule has 7 atom stereocenters. The maximum Gasteiger partial charge on any atom is 0.0576 e. The summed E-state index contributed by atoms with van der Waals surface area (Å²) in [5, 5.41) is 1.37. The van der Waals surface area contributed by atoms with Gasteiger partial charge in [-0.2, -0.15) is 0 Å². The SMILES string of the molecule is C[C@H]1CC[C@@]2(C)C(=CCC3C4C=CC(n5ccc6ccccc65)[C@@]4(C)CCC32)C1. The highest BCUT2D eigenvalue weighted by molar-refractivity contribution is 5.80. The van der Waals surface area contributed by atoms with Crippen LogP contribution in [0.3, 0.4) is 0 Å². The summed E-state index contributed by atoms with van der Waals surface area (Å²) in [5.74, 6) is 3.33. The number of para-hydroxylation sites is 1. The van der Waals surface area contributed by atoms with Crippen molar-refractivity contribution in [2.75, 3.05) is 0 Å². The third-order valence-corrected chi connectivity index (χ3v) is 9.75. The number of nitrogens with zero attached hydrogens (tertiary/aromatic N) is 1. The van der Waals surface area contributed by atoms with E-state index in [1.807, 2.05) is 5.57 Å². The average Bonchev–Trinajstić information content (AvgIpc) is 3.29. The van der Waals surface area contributed by atoms with Crippen molar-refractivity contribution in [3.63, 3.8) is 0 Å². The highest BCUT2D eigenvalue weighted by atomic mass is 15.0. The Morgan fingerprint density at radius 3 is 2.76 bits per heavy atom. The molecule has 0 N–H and O–H groups in total. The topological polar surface area (TPSA) is 4.93 Å². The third-order valence-electron chi connectivity index (χ3n) is 9.75. The molecule has 4 aliphatic rings. The van der Waals surface area contributed by atoms with E-state index in [-0.39, 0.29) is 0 Å². The van der Waals surface area contributed by atoms with E-state index >= 15 is 0 Å². The Kier molecular flexibility index (Phi) is 3.81. The van der Waals surface area contributed by atoms with Gasteiger partial charge in [-0.3, -0.25) is 0 Å². The second-order valence-electron chi connectivity index (χ2n) is 11.2. The quantitative estimate of drug-likeness (QED) is 0.446.